The van der Waals surface area contributed by atoms with Crippen LogP contribution in [0, 0.1) is 17.8 Å². The van der Waals surface area contributed by atoms with Crippen LogP contribution < -0.4 is 10.6 Å². The third kappa shape index (κ3) is 7.24. The quantitative estimate of drug-likeness (QED) is 0.138. The number of hydrogen-bond acceptors (Lipinski definition) is 7. The molecule has 0 amide bonds. The first-order chi connectivity index (χ1) is 24.5. The van der Waals surface area contributed by atoms with E-state index >= 15 is 0 Å². The van der Waals surface area contributed by atoms with Gasteiger partial charge in [-0.25, -0.2) is 0 Å². The molecule has 4 N–H and O–H groups in total. The first kappa shape index (κ1) is 33.7. The van der Waals surface area contributed by atoms with Gasteiger partial charge in [0.15, 0.2) is 11.6 Å². The molecule has 0 aliphatic heterocycles. The zero-order valence-electron chi connectivity index (χ0n) is 29.7. The van der Waals surface area contributed by atoms with Crippen LogP contribution in [0.2, 0.25) is 0 Å². The molecule has 0 fully saturated rings. The number of carbonyl (C=O) groups is 2. The molecule has 2 aromatic carbocycles. The SMILES string of the molecule is CC1(C)CC(=O)c2c([nH]c(-c3ccnnc3)c2Nc2ccccc2)C1.Cc1ccc(Nc2c(-c3ccncc3)[nH]c3c2C(=O)CC(C)(C)C3)cc1. The van der Waals surface area contributed by atoms with E-state index in [-0.39, 0.29) is 22.4 Å². The molecule has 6 aromatic rings. The van der Waals surface area contributed by atoms with Gasteiger partial charge < -0.3 is 20.6 Å². The molecule has 4 aromatic heterocycles. The fourth-order valence-electron chi connectivity index (χ4n) is 7.20. The number of fused-ring (bicyclic) bond motifs is 2. The number of aryl methyl sites for hydroxylation is 1. The van der Waals surface area contributed by atoms with Crippen LogP contribution >= 0.6 is 0 Å². The first-order valence-corrected chi connectivity index (χ1v) is 17.4. The van der Waals surface area contributed by atoms with Gasteiger partial charge in [0, 0.05) is 59.1 Å². The van der Waals surface area contributed by atoms with Gasteiger partial charge in [-0.1, -0.05) is 63.6 Å². The van der Waals surface area contributed by atoms with Crippen LogP contribution in [0.15, 0.2) is 97.6 Å². The number of anilines is 4. The van der Waals surface area contributed by atoms with Crippen LogP contribution in [-0.4, -0.2) is 36.7 Å². The van der Waals surface area contributed by atoms with Gasteiger partial charge in [-0.05, 0) is 73.1 Å². The van der Waals surface area contributed by atoms with Crippen LogP contribution in [0.3, 0.4) is 0 Å². The Balaban J connectivity index is 0.000000159. The van der Waals surface area contributed by atoms with E-state index in [1.54, 1.807) is 24.8 Å². The number of Topliss-reactive ketones (excluding diaryl/α,β-unsaturated/α-hetero) is 2. The standard InChI is InChI=1S/C22H23N3O.C20H20N4O/c1-14-4-6-16(7-5-14)24-21-19-17(12-22(2,3)13-18(19)26)25-20(21)15-8-10-23-11-9-15;1-20(2)10-15-17(16(25)11-20)19(23-14-6-4-3-5-7-14)18(24-15)13-8-9-21-22-12-13/h4-11,24-25H,12-13H2,1-3H3;3-9,12,23-24H,10-11H2,1-2H3. The summed E-state index contributed by atoms with van der Waals surface area (Å²) in [6.07, 6.45) is 9.74. The number of ketones is 2. The Morgan fingerprint density at radius 2 is 1.10 bits per heavy atom. The number of nitrogens with zero attached hydrogens (tertiary/aromatic N) is 3. The van der Waals surface area contributed by atoms with Crippen molar-refractivity contribution >= 4 is 34.3 Å². The molecule has 0 radical (unpaired) electrons. The van der Waals surface area contributed by atoms with E-state index in [4.69, 9.17) is 0 Å². The molecule has 258 valence electrons. The van der Waals surface area contributed by atoms with Crippen LogP contribution in [0.25, 0.3) is 22.5 Å². The Morgan fingerprint density at radius 3 is 1.63 bits per heavy atom. The summed E-state index contributed by atoms with van der Waals surface area (Å²) >= 11 is 0. The zero-order valence-corrected chi connectivity index (χ0v) is 29.7. The lowest BCUT2D eigenvalue weighted by atomic mass is 9.76. The van der Waals surface area contributed by atoms with Gasteiger partial charge in [0.25, 0.3) is 0 Å². The van der Waals surface area contributed by atoms with Crippen LogP contribution in [0.4, 0.5) is 22.7 Å². The number of aromatic amines is 2. The number of carbonyl (C=O) groups excluding carboxylic acids is 2. The average molecular weight is 678 g/mol. The molecule has 2 aliphatic carbocycles. The summed E-state index contributed by atoms with van der Waals surface area (Å²) in [6.45, 7) is 10.6. The number of benzene rings is 2. The Bertz CT molecular complexity index is 2180. The molecule has 0 saturated heterocycles. The van der Waals surface area contributed by atoms with Crippen molar-refractivity contribution in [3.05, 3.63) is 126 Å². The summed E-state index contributed by atoms with van der Waals surface area (Å²) in [5.74, 6) is 0.372. The summed E-state index contributed by atoms with van der Waals surface area (Å²) < 4.78 is 0. The highest BCUT2D eigenvalue weighted by Gasteiger charge is 2.37. The third-order valence-electron chi connectivity index (χ3n) is 9.51. The Labute approximate surface area is 298 Å². The average Bonchev–Trinajstić information content (AvgIpc) is 3.64. The van der Waals surface area contributed by atoms with Crippen molar-refractivity contribution < 1.29 is 9.59 Å². The first-order valence-electron chi connectivity index (χ1n) is 17.4. The number of nitrogens with one attached hydrogen (secondary N) is 4. The van der Waals surface area contributed by atoms with Gasteiger partial charge in [0.2, 0.25) is 0 Å². The molecule has 9 nitrogen and oxygen atoms in total. The second-order valence-electron chi connectivity index (χ2n) is 15.2. The van der Waals surface area contributed by atoms with E-state index in [2.05, 4.69) is 82.5 Å². The minimum absolute atomic E-state index is 0.0222. The van der Waals surface area contributed by atoms with Crippen molar-refractivity contribution in [2.45, 2.75) is 60.3 Å². The van der Waals surface area contributed by atoms with E-state index in [1.807, 2.05) is 60.7 Å². The van der Waals surface area contributed by atoms with Crippen LogP contribution in [-0.2, 0) is 12.8 Å². The number of para-hydroxylation sites is 1. The monoisotopic (exact) mass is 677 g/mol. The summed E-state index contributed by atoms with van der Waals surface area (Å²) in [5.41, 5.74) is 12.1. The van der Waals surface area contributed by atoms with Crippen LogP contribution in [0.1, 0.15) is 78.2 Å². The molecule has 51 heavy (non-hydrogen) atoms. The minimum atomic E-state index is -0.0350. The van der Waals surface area contributed by atoms with E-state index < -0.39 is 0 Å². The van der Waals surface area contributed by atoms with Gasteiger partial charge in [-0.15, -0.1) is 0 Å². The number of hydrogen-bond donors (Lipinski definition) is 4. The van der Waals surface area contributed by atoms with Crippen molar-refractivity contribution in [2.24, 2.45) is 10.8 Å². The van der Waals surface area contributed by atoms with Crippen molar-refractivity contribution in [1.82, 2.24) is 25.1 Å². The maximum atomic E-state index is 12.9. The maximum absolute atomic E-state index is 12.9. The lowest BCUT2D eigenvalue weighted by molar-refractivity contribution is 0.0903. The third-order valence-corrected chi connectivity index (χ3v) is 9.51. The highest BCUT2D eigenvalue weighted by molar-refractivity contribution is 6.08. The highest BCUT2D eigenvalue weighted by atomic mass is 16.1. The molecule has 8 rings (SSSR count). The van der Waals surface area contributed by atoms with Gasteiger partial charge in [-0.3, -0.25) is 14.6 Å². The molecule has 0 saturated carbocycles. The molecule has 0 spiro atoms. The van der Waals surface area contributed by atoms with E-state index in [0.29, 0.717) is 12.8 Å². The summed E-state index contributed by atoms with van der Waals surface area (Å²) in [6, 6.07) is 24.0. The second kappa shape index (κ2) is 13.5. The lowest BCUT2D eigenvalue weighted by Gasteiger charge is -2.28. The number of pyridine rings is 1. The number of H-pyrrole nitrogens is 2. The van der Waals surface area contributed by atoms with E-state index in [9.17, 15) is 9.59 Å². The summed E-state index contributed by atoms with van der Waals surface area (Å²) in [7, 11) is 0. The molecule has 9 heteroatoms. The maximum Gasteiger partial charge on any atom is 0.167 e. The predicted molar refractivity (Wildman–Crippen MR) is 203 cm³/mol. The predicted octanol–water partition coefficient (Wildman–Crippen LogP) is 9.65. The highest BCUT2D eigenvalue weighted by Crippen LogP contribution is 2.44. The largest absolute Gasteiger partial charge is 0.356 e. The minimum Gasteiger partial charge on any atom is -0.356 e. The van der Waals surface area contributed by atoms with Gasteiger partial charge in [0.05, 0.1) is 46.3 Å². The van der Waals surface area contributed by atoms with Crippen molar-refractivity contribution in [1.29, 1.82) is 0 Å². The van der Waals surface area contributed by atoms with Gasteiger partial charge in [0.1, 0.15) is 0 Å². The molecular weight excluding hydrogens is 635 g/mol. The number of rotatable bonds is 6. The fourth-order valence-corrected chi connectivity index (χ4v) is 7.20. The second-order valence-corrected chi connectivity index (χ2v) is 15.2. The number of aromatic nitrogens is 5. The molecule has 0 bridgehead atoms. The van der Waals surface area contributed by atoms with Crippen molar-refractivity contribution in [2.75, 3.05) is 10.6 Å². The van der Waals surface area contributed by atoms with E-state index in [1.165, 1.54) is 5.56 Å². The zero-order chi connectivity index (χ0) is 35.8. The van der Waals surface area contributed by atoms with Gasteiger partial charge >= 0.3 is 0 Å². The van der Waals surface area contributed by atoms with Crippen LogP contribution in [0.5, 0.6) is 0 Å². The van der Waals surface area contributed by atoms with Crippen molar-refractivity contribution in [3.8, 4) is 22.5 Å². The lowest BCUT2D eigenvalue weighted by Crippen LogP contribution is -2.26. The molecule has 0 unspecified atom stereocenters. The Kier molecular flexibility index (Phi) is 8.89. The normalized spacial score (nSPS) is 15.6. The summed E-state index contributed by atoms with van der Waals surface area (Å²) in [4.78, 5) is 36.9. The topological polar surface area (TPSA) is 128 Å². The Morgan fingerprint density at radius 1 is 0.588 bits per heavy atom. The molecule has 4 heterocycles. The molecular formula is C42H43N7O2. The fraction of sp³-hybridized carbons (Fsp3) is 0.262. The van der Waals surface area contributed by atoms with Gasteiger partial charge in [-0.2, -0.15) is 10.2 Å². The van der Waals surface area contributed by atoms with E-state index in [0.717, 1.165) is 80.6 Å². The molecule has 2 aliphatic rings. The molecule has 0 atom stereocenters. The smallest absolute Gasteiger partial charge is 0.167 e. The Hall–Kier alpha value is -5.83. The van der Waals surface area contributed by atoms with Crippen molar-refractivity contribution in [3.63, 3.8) is 0 Å². The summed E-state index contributed by atoms with van der Waals surface area (Å²) in [5, 5.41) is 14.8.